The van der Waals surface area contributed by atoms with Gasteiger partial charge in [0.25, 0.3) is 0 Å². The second-order valence-electron chi connectivity index (χ2n) is 4.94. The first kappa shape index (κ1) is 13.7. The van der Waals surface area contributed by atoms with E-state index >= 15 is 0 Å². The third kappa shape index (κ3) is 3.37. The average molecular weight is 269 g/mol. The van der Waals surface area contributed by atoms with Crippen LogP contribution in [0.1, 0.15) is 18.4 Å². The van der Waals surface area contributed by atoms with Crippen molar-refractivity contribution in [1.82, 2.24) is 0 Å². The van der Waals surface area contributed by atoms with Gasteiger partial charge in [-0.1, -0.05) is 17.7 Å². The van der Waals surface area contributed by atoms with Crippen LogP contribution in [0.15, 0.2) is 18.2 Å². The molecule has 1 atom stereocenters. The van der Waals surface area contributed by atoms with E-state index in [1.165, 1.54) is 6.42 Å². The average Bonchev–Trinajstić information content (AvgIpc) is 2.40. The highest BCUT2D eigenvalue weighted by molar-refractivity contribution is 6.30. The standard InChI is InChI=1S/C14H21ClN2O/c1-17(9-11-3-2-6-18-10-11)14-7-13(15)5-4-12(14)8-16/h4-5,7,11H,2-3,6,8-10,16H2,1H3. The van der Waals surface area contributed by atoms with Gasteiger partial charge in [-0.2, -0.15) is 0 Å². The Hall–Kier alpha value is -0.770. The van der Waals surface area contributed by atoms with Crippen LogP contribution in [0.3, 0.4) is 0 Å². The highest BCUT2D eigenvalue weighted by Crippen LogP contribution is 2.25. The first-order valence-corrected chi connectivity index (χ1v) is 6.86. The Labute approximate surface area is 114 Å². The molecule has 1 aromatic rings. The summed E-state index contributed by atoms with van der Waals surface area (Å²) in [5.41, 5.74) is 8.05. The van der Waals surface area contributed by atoms with Crippen molar-refractivity contribution < 1.29 is 4.74 Å². The molecule has 1 aliphatic heterocycles. The molecule has 1 saturated heterocycles. The van der Waals surface area contributed by atoms with E-state index in [2.05, 4.69) is 11.9 Å². The minimum absolute atomic E-state index is 0.540. The number of nitrogens with zero attached hydrogens (tertiary/aromatic N) is 1. The van der Waals surface area contributed by atoms with Gasteiger partial charge in [0.05, 0.1) is 6.61 Å². The van der Waals surface area contributed by atoms with Crippen molar-refractivity contribution in [3.63, 3.8) is 0 Å². The minimum Gasteiger partial charge on any atom is -0.381 e. The number of halogens is 1. The summed E-state index contributed by atoms with van der Waals surface area (Å²) >= 11 is 6.07. The molecular weight excluding hydrogens is 248 g/mol. The van der Waals surface area contributed by atoms with Gasteiger partial charge in [0.1, 0.15) is 0 Å². The van der Waals surface area contributed by atoms with Crippen LogP contribution in [0, 0.1) is 5.92 Å². The molecule has 0 spiro atoms. The molecule has 4 heteroatoms. The van der Waals surface area contributed by atoms with Crippen molar-refractivity contribution in [1.29, 1.82) is 0 Å². The third-order valence-corrected chi connectivity index (χ3v) is 3.70. The van der Waals surface area contributed by atoms with Gasteiger partial charge in [0.15, 0.2) is 0 Å². The fourth-order valence-electron chi connectivity index (χ4n) is 2.50. The zero-order valence-electron chi connectivity index (χ0n) is 10.9. The molecule has 100 valence electrons. The van der Waals surface area contributed by atoms with Gasteiger partial charge in [-0.25, -0.2) is 0 Å². The minimum atomic E-state index is 0.540. The van der Waals surface area contributed by atoms with E-state index in [0.717, 1.165) is 42.5 Å². The number of ether oxygens (including phenoxy) is 1. The van der Waals surface area contributed by atoms with Gasteiger partial charge in [0.2, 0.25) is 0 Å². The summed E-state index contributed by atoms with van der Waals surface area (Å²) in [6, 6.07) is 5.89. The summed E-state index contributed by atoms with van der Waals surface area (Å²) in [5.74, 6) is 0.605. The van der Waals surface area contributed by atoms with E-state index in [0.29, 0.717) is 12.5 Å². The van der Waals surface area contributed by atoms with Crippen LogP contribution in [0.25, 0.3) is 0 Å². The molecule has 1 heterocycles. The number of hydrogen-bond acceptors (Lipinski definition) is 3. The highest BCUT2D eigenvalue weighted by Gasteiger charge is 2.17. The van der Waals surface area contributed by atoms with Gasteiger partial charge in [0, 0.05) is 37.5 Å². The number of hydrogen-bond donors (Lipinski definition) is 1. The van der Waals surface area contributed by atoms with Crippen LogP contribution in [0.5, 0.6) is 0 Å². The Balaban J connectivity index is 2.07. The summed E-state index contributed by atoms with van der Waals surface area (Å²) in [6.45, 7) is 3.31. The molecule has 1 fully saturated rings. The van der Waals surface area contributed by atoms with Crippen LogP contribution >= 0.6 is 11.6 Å². The predicted octanol–water partition coefficient (Wildman–Crippen LogP) is 2.66. The summed E-state index contributed by atoms with van der Waals surface area (Å²) in [7, 11) is 2.10. The lowest BCUT2D eigenvalue weighted by atomic mass is 10.0. The van der Waals surface area contributed by atoms with E-state index < -0.39 is 0 Å². The molecule has 0 bridgehead atoms. The molecule has 1 aliphatic rings. The second-order valence-corrected chi connectivity index (χ2v) is 5.38. The molecule has 1 unspecified atom stereocenters. The number of benzene rings is 1. The Morgan fingerprint density at radius 2 is 2.33 bits per heavy atom. The summed E-state index contributed by atoms with van der Waals surface area (Å²) in [4.78, 5) is 2.24. The third-order valence-electron chi connectivity index (χ3n) is 3.47. The zero-order valence-corrected chi connectivity index (χ0v) is 11.6. The van der Waals surface area contributed by atoms with Crippen molar-refractivity contribution >= 4 is 17.3 Å². The van der Waals surface area contributed by atoms with E-state index in [9.17, 15) is 0 Å². The van der Waals surface area contributed by atoms with Gasteiger partial charge >= 0.3 is 0 Å². The predicted molar refractivity (Wildman–Crippen MR) is 76.2 cm³/mol. The second kappa shape index (κ2) is 6.41. The highest BCUT2D eigenvalue weighted by atomic mass is 35.5. The quantitative estimate of drug-likeness (QED) is 0.912. The van der Waals surface area contributed by atoms with E-state index in [1.54, 1.807) is 0 Å². The molecule has 0 radical (unpaired) electrons. The molecule has 2 rings (SSSR count). The monoisotopic (exact) mass is 268 g/mol. The lowest BCUT2D eigenvalue weighted by Gasteiger charge is -2.29. The largest absolute Gasteiger partial charge is 0.381 e. The van der Waals surface area contributed by atoms with Crippen LogP contribution in [0.2, 0.25) is 5.02 Å². The smallest absolute Gasteiger partial charge is 0.0511 e. The van der Waals surface area contributed by atoms with E-state index in [-0.39, 0.29) is 0 Å². The van der Waals surface area contributed by atoms with Crippen molar-refractivity contribution in [2.45, 2.75) is 19.4 Å². The van der Waals surface area contributed by atoms with Crippen molar-refractivity contribution in [2.24, 2.45) is 11.7 Å². The molecule has 0 aromatic heterocycles. The molecule has 3 nitrogen and oxygen atoms in total. The van der Waals surface area contributed by atoms with E-state index in [1.807, 2.05) is 18.2 Å². The Kier molecular flexibility index (Phi) is 4.87. The van der Waals surface area contributed by atoms with Crippen molar-refractivity contribution in [3.05, 3.63) is 28.8 Å². The first-order valence-electron chi connectivity index (χ1n) is 6.48. The van der Waals surface area contributed by atoms with Crippen LogP contribution in [-0.4, -0.2) is 26.8 Å². The molecular formula is C14H21ClN2O. The maximum Gasteiger partial charge on any atom is 0.0511 e. The molecule has 0 amide bonds. The van der Waals surface area contributed by atoms with Gasteiger partial charge in [-0.15, -0.1) is 0 Å². The van der Waals surface area contributed by atoms with Crippen LogP contribution in [0.4, 0.5) is 5.69 Å². The topological polar surface area (TPSA) is 38.5 Å². The maximum absolute atomic E-state index is 6.07. The van der Waals surface area contributed by atoms with Gasteiger partial charge in [-0.05, 0) is 36.5 Å². The molecule has 0 saturated carbocycles. The SMILES string of the molecule is CN(CC1CCCOC1)c1cc(Cl)ccc1CN. The lowest BCUT2D eigenvalue weighted by Crippen LogP contribution is -2.31. The number of rotatable bonds is 4. The van der Waals surface area contributed by atoms with Crippen LogP contribution < -0.4 is 10.6 Å². The summed E-state index contributed by atoms with van der Waals surface area (Å²) in [5, 5.41) is 0.758. The summed E-state index contributed by atoms with van der Waals surface area (Å²) < 4.78 is 5.52. The molecule has 18 heavy (non-hydrogen) atoms. The number of anilines is 1. The van der Waals surface area contributed by atoms with Crippen molar-refractivity contribution in [2.75, 3.05) is 31.7 Å². The Bertz CT molecular complexity index is 391. The number of nitrogens with two attached hydrogens (primary N) is 1. The fraction of sp³-hybridized carbons (Fsp3) is 0.571. The molecule has 1 aromatic carbocycles. The Morgan fingerprint density at radius 3 is 3.00 bits per heavy atom. The van der Waals surface area contributed by atoms with E-state index in [4.69, 9.17) is 22.1 Å². The maximum atomic E-state index is 6.07. The first-order chi connectivity index (χ1) is 8.70. The molecule has 2 N–H and O–H groups in total. The Morgan fingerprint density at radius 1 is 1.50 bits per heavy atom. The van der Waals surface area contributed by atoms with Crippen molar-refractivity contribution in [3.8, 4) is 0 Å². The lowest BCUT2D eigenvalue weighted by molar-refractivity contribution is 0.0576. The fourth-order valence-corrected chi connectivity index (χ4v) is 2.67. The van der Waals surface area contributed by atoms with Gasteiger partial charge in [-0.3, -0.25) is 0 Å². The summed E-state index contributed by atoms with van der Waals surface area (Å²) in [6.07, 6.45) is 2.40. The van der Waals surface area contributed by atoms with Crippen LogP contribution in [-0.2, 0) is 11.3 Å². The normalized spacial score (nSPS) is 19.8. The molecule has 0 aliphatic carbocycles. The zero-order chi connectivity index (χ0) is 13.0. The van der Waals surface area contributed by atoms with Gasteiger partial charge < -0.3 is 15.4 Å².